The van der Waals surface area contributed by atoms with Crippen LogP contribution in [0.15, 0.2) is 42.5 Å². The molecule has 0 heterocycles. The summed E-state index contributed by atoms with van der Waals surface area (Å²) in [5.41, 5.74) is 7.78. The molecule has 2 aromatic carbocycles. The molecule has 0 bridgehead atoms. The largest absolute Gasteiger partial charge is 0.494 e. The van der Waals surface area contributed by atoms with Crippen molar-refractivity contribution in [1.82, 2.24) is 0 Å². The van der Waals surface area contributed by atoms with Gasteiger partial charge in [-0.15, -0.1) is 0 Å². The highest BCUT2D eigenvalue weighted by Crippen LogP contribution is 2.26. The summed E-state index contributed by atoms with van der Waals surface area (Å²) >= 11 is 2.24. The molecule has 0 saturated heterocycles. The molecule has 0 amide bonds. The first kappa shape index (κ1) is 14.3. The first-order valence-corrected chi connectivity index (χ1v) is 7.02. The van der Waals surface area contributed by atoms with Gasteiger partial charge in [-0.25, -0.2) is 4.39 Å². The van der Waals surface area contributed by atoms with Crippen LogP contribution in [0.1, 0.15) is 17.2 Å². The van der Waals surface area contributed by atoms with Crippen molar-refractivity contribution >= 4 is 22.6 Å². The smallest absolute Gasteiger partial charge is 0.168 e. The zero-order valence-electron chi connectivity index (χ0n) is 10.6. The Kier molecular flexibility index (Phi) is 4.76. The number of halogens is 2. The summed E-state index contributed by atoms with van der Waals surface area (Å²) in [6, 6.07) is 12.8. The SMILES string of the molecule is COc1cccc(CC(N)c2ccccc2I)c1F. The molecule has 2 nitrogen and oxygen atoms in total. The lowest BCUT2D eigenvalue weighted by Gasteiger charge is -2.15. The molecule has 0 aliphatic rings. The molecular weight excluding hydrogens is 356 g/mol. The van der Waals surface area contributed by atoms with Crippen molar-refractivity contribution in [2.75, 3.05) is 7.11 Å². The quantitative estimate of drug-likeness (QED) is 0.833. The van der Waals surface area contributed by atoms with E-state index < -0.39 is 0 Å². The number of hydrogen-bond donors (Lipinski definition) is 1. The summed E-state index contributed by atoms with van der Waals surface area (Å²) in [6.07, 6.45) is 0.447. The topological polar surface area (TPSA) is 35.2 Å². The van der Waals surface area contributed by atoms with Gasteiger partial charge in [-0.05, 0) is 52.3 Å². The van der Waals surface area contributed by atoms with E-state index in [9.17, 15) is 4.39 Å². The second kappa shape index (κ2) is 6.34. The molecule has 4 heteroatoms. The van der Waals surface area contributed by atoms with Gasteiger partial charge in [0.15, 0.2) is 11.6 Å². The molecule has 0 saturated carbocycles. The van der Waals surface area contributed by atoms with Crippen LogP contribution in [-0.4, -0.2) is 7.11 Å². The van der Waals surface area contributed by atoms with Crippen molar-refractivity contribution in [2.45, 2.75) is 12.5 Å². The van der Waals surface area contributed by atoms with Crippen LogP contribution >= 0.6 is 22.6 Å². The van der Waals surface area contributed by atoms with E-state index in [1.165, 1.54) is 7.11 Å². The number of nitrogens with two attached hydrogens (primary N) is 1. The van der Waals surface area contributed by atoms with Crippen LogP contribution in [0.25, 0.3) is 0 Å². The van der Waals surface area contributed by atoms with E-state index in [2.05, 4.69) is 22.6 Å². The second-order valence-corrected chi connectivity index (χ2v) is 5.43. The van der Waals surface area contributed by atoms with Gasteiger partial charge in [-0.1, -0.05) is 30.3 Å². The highest BCUT2D eigenvalue weighted by molar-refractivity contribution is 14.1. The zero-order valence-corrected chi connectivity index (χ0v) is 12.7. The van der Waals surface area contributed by atoms with Crippen LogP contribution in [0.2, 0.25) is 0 Å². The summed E-state index contributed by atoms with van der Waals surface area (Å²) in [5, 5.41) is 0. The molecule has 0 fully saturated rings. The summed E-state index contributed by atoms with van der Waals surface area (Å²) < 4.78 is 20.1. The fraction of sp³-hybridized carbons (Fsp3) is 0.200. The Morgan fingerprint density at radius 2 is 1.95 bits per heavy atom. The first-order valence-electron chi connectivity index (χ1n) is 5.95. The second-order valence-electron chi connectivity index (χ2n) is 4.27. The summed E-state index contributed by atoms with van der Waals surface area (Å²) in [4.78, 5) is 0. The van der Waals surface area contributed by atoms with Gasteiger partial charge in [0.1, 0.15) is 0 Å². The Morgan fingerprint density at radius 3 is 2.63 bits per heavy atom. The number of hydrogen-bond acceptors (Lipinski definition) is 2. The van der Waals surface area contributed by atoms with Gasteiger partial charge < -0.3 is 10.5 Å². The molecule has 0 spiro atoms. The van der Waals surface area contributed by atoms with Gasteiger partial charge in [0.2, 0.25) is 0 Å². The normalized spacial score (nSPS) is 12.2. The van der Waals surface area contributed by atoms with Crippen molar-refractivity contribution in [3.05, 3.63) is 63.0 Å². The molecule has 0 radical (unpaired) electrons. The standard InChI is InChI=1S/C15H15FINO/c1-19-14-8-4-5-10(15(14)16)9-13(18)11-6-2-3-7-12(11)17/h2-8,13H,9,18H2,1H3. The van der Waals surface area contributed by atoms with E-state index in [4.69, 9.17) is 10.5 Å². The molecule has 19 heavy (non-hydrogen) atoms. The van der Waals surface area contributed by atoms with Crippen LogP contribution in [0.5, 0.6) is 5.75 Å². The van der Waals surface area contributed by atoms with E-state index in [1.807, 2.05) is 24.3 Å². The van der Waals surface area contributed by atoms with Crippen LogP contribution in [0.4, 0.5) is 4.39 Å². The molecule has 2 N–H and O–H groups in total. The van der Waals surface area contributed by atoms with Gasteiger partial charge in [-0.3, -0.25) is 0 Å². The maximum atomic E-state index is 14.1. The average Bonchev–Trinajstić information content (AvgIpc) is 2.41. The van der Waals surface area contributed by atoms with E-state index >= 15 is 0 Å². The van der Waals surface area contributed by atoms with Gasteiger partial charge >= 0.3 is 0 Å². The lowest BCUT2D eigenvalue weighted by atomic mass is 9.99. The zero-order chi connectivity index (χ0) is 13.8. The third-order valence-corrected chi connectivity index (χ3v) is 3.99. The van der Waals surface area contributed by atoms with E-state index in [0.29, 0.717) is 12.0 Å². The molecular formula is C15H15FINO. The van der Waals surface area contributed by atoms with Crippen molar-refractivity contribution in [3.8, 4) is 5.75 Å². The van der Waals surface area contributed by atoms with Crippen molar-refractivity contribution in [3.63, 3.8) is 0 Å². The predicted molar refractivity (Wildman–Crippen MR) is 82.7 cm³/mol. The summed E-state index contributed by atoms with van der Waals surface area (Å²) in [5.74, 6) is -0.0705. The Hall–Kier alpha value is -1.14. The third kappa shape index (κ3) is 3.25. The number of methoxy groups -OCH3 is 1. The Morgan fingerprint density at radius 1 is 1.21 bits per heavy atom. The minimum absolute atomic E-state index is 0.227. The molecule has 100 valence electrons. The lowest BCUT2D eigenvalue weighted by Crippen LogP contribution is -2.15. The van der Waals surface area contributed by atoms with Crippen molar-refractivity contribution < 1.29 is 9.13 Å². The van der Waals surface area contributed by atoms with E-state index in [0.717, 1.165) is 9.13 Å². The average molecular weight is 371 g/mol. The minimum atomic E-state index is -0.327. The maximum absolute atomic E-state index is 14.1. The highest BCUT2D eigenvalue weighted by atomic mass is 127. The minimum Gasteiger partial charge on any atom is -0.494 e. The fourth-order valence-electron chi connectivity index (χ4n) is 1.99. The molecule has 0 aliphatic carbocycles. The number of benzene rings is 2. The summed E-state index contributed by atoms with van der Waals surface area (Å²) in [6.45, 7) is 0. The van der Waals surface area contributed by atoms with E-state index in [1.54, 1.807) is 18.2 Å². The molecule has 0 aromatic heterocycles. The van der Waals surface area contributed by atoms with Crippen molar-refractivity contribution in [2.24, 2.45) is 5.73 Å². The molecule has 2 rings (SSSR count). The van der Waals surface area contributed by atoms with Gasteiger partial charge in [-0.2, -0.15) is 0 Å². The maximum Gasteiger partial charge on any atom is 0.168 e. The Bertz CT molecular complexity index is 574. The lowest BCUT2D eigenvalue weighted by molar-refractivity contribution is 0.383. The fourth-order valence-corrected chi connectivity index (χ4v) is 2.78. The van der Waals surface area contributed by atoms with E-state index in [-0.39, 0.29) is 17.6 Å². The van der Waals surface area contributed by atoms with Gasteiger partial charge in [0.05, 0.1) is 7.11 Å². The first-order chi connectivity index (χ1) is 9.13. The monoisotopic (exact) mass is 371 g/mol. The summed E-state index contributed by atoms with van der Waals surface area (Å²) in [7, 11) is 1.46. The van der Waals surface area contributed by atoms with Crippen LogP contribution in [-0.2, 0) is 6.42 Å². The molecule has 2 aromatic rings. The number of rotatable bonds is 4. The Labute approximate surface area is 125 Å². The molecule has 0 aliphatic heterocycles. The van der Waals surface area contributed by atoms with Crippen LogP contribution in [0, 0.1) is 9.39 Å². The predicted octanol–water partition coefficient (Wildman–Crippen LogP) is 3.68. The number of ether oxygens (including phenoxy) is 1. The Balaban J connectivity index is 2.24. The molecule has 1 unspecified atom stereocenters. The van der Waals surface area contributed by atoms with Gasteiger partial charge in [0, 0.05) is 9.61 Å². The van der Waals surface area contributed by atoms with Crippen LogP contribution in [0.3, 0.4) is 0 Å². The molecule has 1 atom stereocenters. The third-order valence-electron chi connectivity index (χ3n) is 3.01. The highest BCUT2D eigenvalue weighted by Gasteiger charge is 2.14. The van der Waals surface area contributed by atoms with Gasteiger partial charge in [0.25, 0.3) is 0 Å². The van der Waals surface area contributed by atoms with Crippen molar-refractivity contribution in [1.29, 1.82) is 0 Å². The van der Waals surface area contributed by atoms with Crippen LogP contribution < -0.4 is 10.5 Å².